The van der Waals surface area contributed by atoms with Gasteiger partial charge >= 0.3 is 0 Å². The van der Waals surface area contributed by atoms with Gasteiger partial charge in [-0.25, -0.2) is 4.98 Å². The summed E-state index contributed by atoms with van der Waals surface area (Å²) < 4.78 is 0. The van der Waals surface area contributed by atoms with Crippen molar-refractivity contribution in [1.29, 1.82) is 0 Å². The largest absolute Gasteiger partial charge is 0.345 e. The van der Waals surface area contributed by atoms with Crippen molar-refractivity contribution in [1.82, 2.24) is 19.8 Å². The molecule has 0 atom stereocenters. The third-order valence-electron chi connectivity index (χ3n) is 5.25. The van der Waals surface area contributed by atoms with Gasteiger partial charge in [-0.1, -0.05) is 12.8 Å². The number of amides is 2. The Balaban J connectivity index is 1.39. The fraction of sp³-hybridized carbons (Fsp3) is 0.500. The molecule has 1 N–H and O–H groups in total. The molecular weight excluding hydrogens is 304 g/mol. The molecular formula is C18H22N4O2. The molecule has 1 aliphatic heterocycles. The molecule has 4 rings (SSSR count). The molecule has 6 nitrogen and oxygen atoms in total. The van der Waals surface area contributed by atoms with Gasteiger partial charge in [0.15, 0.2) is 0 Å². The van der Waals surface area contributed by atoms with Crippen molar-refractivity contribution in [2.24, 2.45) is 5.92 Å². The second-order valence-corrected chi connectivity index (χ2v) is 6.73. The first-order valence-corrected chi connectivity index (χ1v) is 8.73. The topological polar surface area (TPSA) is 69.3 Å². The molecule has 0 radical (unpaired) electrons. The molecule has 2 aromatic rings. The van der Waals surface area contributed by atoms with Crippen LogP contribution in [0.2, 0.25) is 0 Å². The molecule has 2 aliphatic rings. The average molecular weight is 326 g/mol. The molecule has 126 valence electrons. The molecule has 0 spiro atoms. The van der Waals surface area contributed by atoms with Crippen LogP contribution in [0.1, 0.15) is 36.0 Å². The number of benzene rings is 1. The number of imidazole rings is 1. The summed E-state index contributed by atoms with van der Waals surface area (Å²) in [5.41, 5.74) is 2.40. The van der Waals surface area contributed by atoms with E-state index in [1.165, 1.54) is 12.8 Å². The Hall–Kier alpha value is -2.37. The van der Waals surface area contributed by atoms with E-state index >= 15 is 0 Å². The van der Waals surface area contributed by atoms with Crippen LogP contribution in [0.3, 0.4) is 0 Å². The zero-order chi connectivity index (χ0) is 16.5. The van der Waals surface area contributed by atoms with Crippen molar-refractivity contribution in [3.63, 3.8) is 0 Å². The summed E-state index contributed by atoms with van der Waals surface area (Å²) in [6.07, 6.45) is 6.03. The lowest BCUT2D eigenvalue weighted by atomic mass is 10.1. The smallest absolute Gasteiger partial charge is 0.254 e. The number of H-pyrrole nitrogens is 1. The zero-order valence-corrected chi connectivity index (χ0v) is 13.7. The van der Waals surface area contributed by atoms with Gasteiger partial charge < -0.3 is 14.8 Å². The van der Waals surface area contributed by atoms with E-state index < -0.39 is 0 Å². The van der Waals surface area contributed by atoms with Gasteiger partial charge in [-0.3, -0.25) is 9.59 Å². The molecule has 1 saturated carbocycles. The van der Waals surface area contributed by atoms with Gasteiger partial charge in [-0.2, -0.15) is 0 Å². The monoisotopic (exact) mass is 326 g/mol. The van der Waals surface area contributed by atoms with Gasteiger partial charge in [-0.05, 0) is 31.0 Å². The lowest BCUT2D eigenvalue weighted by molar-refractivity contribution is -0.136. The van der Waals surface area contributed by atoms with Crippen LogP contribution in [0.25, 0.3) is 11.0 Å². The van der Waals surface area contributed by atoms with Crippen LogP contribution in [-0.2, 0) is 4.79 Å². The number of nitrogens with one attached hydrogen (secondary N) is 1. The van der Waals surface area contributed by atoms with E-state index in [4.69, 9.17) is 0 Å². The zero-order valence-electron chi connectivity index (χ0n) is 13.7. The molecule has 0 unspecified atom stereocenters. The van der Waals surface area contributed by atoms with E-state index in [2.05, 4.69) is 9.97 Å². The third kappa shape index (κ3) is 2.77. The molecule has 24 heavy (non-hydrogen) atoms. The standard InChI is InChI=1S/C18H22N4O2/c23-17(13-3-1-2-4-13)21-7-9-22(10-8-21)18(24)14-5-6-15-16(11-14)20-12-19-15/h5-6,11-13H,1-4,7-10H2,(H,19,20). The van der Waals surface area contributed by atoms with E-state index in [9.17, 15) is 9.59 Å². The van der Waals surface area contributed by atoms with Crippen molar-refractivity contribution >= 4 is 22.8 Å². The van der Waals surface area contributed by atoms with Crippen LogP contribution in [0.15, 0.2) is 24.5 Å². The number of nitrogens with zero attached hydrogens (tertiary/aromatic N) is 3. The average Bonchev–Trinajstić information content (AvgIpc) is 3.31. The van der Waals surface area contributed by atoms with Gasteiger partial charge in [-0.15, -0.1) is 0 Å². The van der Waals surface area contributed by atoms with E-state index in [1.807, 2.05) is 28.0 Å². The Labute approximate surface area is 140 Å². The highest BCUT2D eigenvalue weighted by atomic mass is 16.2. The Morgan fingerprint density at radius 3 is 2.50 bits per heavy atom. The third-order valence-corrected chi connectivity index (χ3v) is 5.25. The molecule has 6 heteroatoms. The second kappa shape index (κ2) is 6.26. The Morgan fingerprint density at radius 2 is 1.75 bits per heavy atom. The number of piperazine rings is 1. The normalized spacial score (nSPS) is 19.2. The molecule has 1 aromatic heterocycles. The van der Waals surface area contributed by atoms with E-state index in [0.29, 0.717) is 37.6 Å². The lowest BCUT2D eigenvalue weighted by Gasteiger charge is -2.36. The summed E-state index contributed by atoms with van der Waals surface area (Å²) in [4.78, 5) is 36.2. The minimum Gasteiger partial charge on any atom is -0.345 e. The van der Waals surface area contributed by atoms with Gasteiger partial charge in [0.1, 0.15) is 0 Å². The molecule has 0 bridgehead atoms. The van der Waals surface area contributed by atoms with Crippen LogP contribution < -0.4 is 0 Å². The van der Waals surface area contributed by atoms with Crippen LogP contribution in [0.5, 0.6) is 0 Å². The number of aromatic nitrogens is 2. The molecule has 1 aliphatic carbocycles. The fourth-order valence-corrected chi connectivity index (χ4v) is 3.81. The summed E-state index contributed by atoms with van der Waals surface area (Å²) in [7, 11) is 0. The number of fused-ring (bicyclic) bond motifs is 1. The highest BCUT2D eigenvalue weighted by Crippen LogP contribution is 2.27. The predicted molar refractivity (Wildman–Crippen MR) is 90.5 cm³/mol. The summed E-state index contributed by atoms with van der Waals surface area (Å²) in [6.45, 7) is 2.51. The molecule has 1 aromatic carbocycles. The van der Waals surface area contributed by atoms with Gasteiger partial charge in [0.05, 0.1) is 17.4 Å². The van der Waals surface area contributed by atoms with Gasteiger partial charge in [0.2, 0.25) is 5.91 Å². The first-order valence-electron chi connectivity index (χ1n) is 8.73. The number of carbonyl (C=O) groups is 2. The minimum absolute atomic E-state index is 0.0273. The maximum atomic E-state index is 12.7. The van der Waals surface area contributed by atoms with Gasteiger partial charge in [0, 0.05) is 37.7 Å². The SMILES string of the molecule is O=C(c1ccc2nc[nH]c2c1)N1CCN(C(=O)C2CCCC2)CC1. The Kier molecular flexibility index (Phi) is 3.96. The molecule has 2 fully saturated rings. The minimum atomic E-state index is 0.0273. The van der Waals surface area contributed by atoms with E-state index in [0.717, 1.165) is 23.9 Å². The molecule has 1 saturated heterocycles. The molecule has 2 heterocycles. The highest BCUT2D eigenvalue weighted by Gasteiger charge is 2.30. The summed E-state index contributed by atoms with van der Waals surface area (Å²) in [5, 5.41) is 0. The molecule has 2 amide bonds. The fourth-order valence-electron chi connectivity index (χ4n) is 3.81. The van der Waals surface area contributed by atoms with E-state index in [1.54, 1.807) is 6.33 Å². The first kappa shape index (κ1) is 15.2. The number of rotatable bonds is 2. The van der Waals surface area contributed by atoms with Crippen molar-refractivity contribution in [2.75, 3.05) is 26.2 Å². The van der Waals surface area contributed by atoms with Gasteiger partial charge in [0.25, 0.3) is 5.91 Å². The maximum Gasteiger partial charge on any atom is 0.254 e. The van der Waals surface area contributed by atoms with Crippen LogP contribution in [-0.4, -0.2) is 57.8 Å². The van der Waals surface area contributed by atoms with Crippen molar-refractivity contribution < 1.29 is 9.59 Å². The Bertz CT molecular complexity index is 755. The summed E-state index contributed by atoms with van der Waals surface area (Å²) >= 11 is 0. The highest BCUT2D eigenvalue weighted by molar-refractivity contribution is 5.97. The number of carbonyl (C=O) groups excluding carboxylic acids is 2. The van der Waals surface area contributed by atoms with Crippen molar-refractivity contribution in [2.45, 2.75) is 25.7 Å². The van der Waals surface area contributed by atoms with Crippen LogP contribution >= 0.6 is 0 Å². The van der Waals surface area contributed by atoms with Crippen LogP contribution in [0, 0.1) is 5.92 Å². The van der Waals surface area contributed by atoms with Crippen molar-refractivity contribution in [3.05, 3.63) is 30.1 Å². The summed E-state index contributed by atoms with van der Waals surface area (Å²) in [5.74, 6) is 0.535. The number of hydrogen-bond donors (Lipinski definition) is 1. The number of hydrogen-bond acceptors (Lipinski definition) is 3. The lowest BCUT2D eigenvalue weighted by Crippen LogP contribution is -2.51. The predicted octanol–water partition coefficient (Wildman–Crippen LogP) is 2.04. The Morgan fingerprint density at radius 1 is 1.04 bits per heavy atom. The second-order valence-electron chi connectivity index (χ2n) is 6.73. The van der Waals surface area contributed by atoms with Crippen LogP contribution in [0.4, 0.5) is 0 Å². The van der Waals surface area contributed by atoms with E-state index in [-0.39, 0.29) is 11.8 Å². The van der Waals surface area contributed by atoms with Crippen molar-refractivity contribution in [3.8, 4) is 0 Å². The summed E-state index contributed by atoms with van der Waals surface area (Å²) in [6, 6.07) is 5.53. The quantitative estimate of drug-likeness (QED) is 0.918. The first-order chi connectivity index (χ1) is 11.7. The number of aromatic amines is 1. The maximum absolute atomic E-state index is 12.7.